The summed E-state index contributed by atoms with van der Waals surface area (Å²) in [6.07, 6.45) is 0.906. The third-order valence-corrected chi connectivity index (χ3v) is 4.99. The Hall–Kier alpha value is -3.12. The van der Waals surface area contributed by atoms with Gasteiger partial charge in [0.25, 0.3) is 5.56 Å². The standard InChI is InChI=1S/C20H19N3O3/c1-12-6-2-5-9-15(12)23-19(25)16(18(24)22-20(23)26)17-14-8-4-3-7-13(14)10-11-21-17/h2-9,17,21,25H,10-11H2,1H3,(H,22,24,26)/p+1/t17-/m1/s1. The number of fused-ring (bicyclic) bond motifs is 1. The highest BCUT2D eigenvalue weighted by Crippen LogP contribution is 2.28. The van der Waals surface area contributed by atoms with Crippen LogP contribution in [0.4, 0.5) is 0 Å². The van der Waals surface area contributed by atoms with E-state index >= 15 is 0 Å². The molecule has 1 aliphatic rings. The normalized spacial score (nSPS) is 16.3. The van der Waals surface area contributed by atoms with Gasteiger partial charge >= 0.3 is 5.69 Å². The molecule has 4 N–H and O–H groups in total. The molecule has 2 heterocycles. The highest BCUT2D eigenvalue weighted by molar-refractivity contribution is 5.46. The Morgan fingerprint density at radius 1 is 1.12 bits per heavy atom. The quantitative estimate of drug-likeness (QED) is 0.637. The number of aromatic amines is 1. The molecule has 0 bridgehead atoms. The number of hydrogen-bond donors (Lipinski definition) is 3. The van der Waals surface area contributed by atoms with E-state index in [0.717, 1.165) is 29.7 Å². The van der Waals surface area contributed by atoms with Crippen LogP contribution >= 0.6 is 0 Å². The number of benzene rings is 2. The predicted octanol–water partition coefficient (Wildman–Crippen LogP) is 0.749. The number of nitrogens with one attached hydrogen (secondary N) is 1. The maximum atomic E-state index is 12.6. The fraction of sp³-hybridized carbons (Fsp3) is 0.200. The van der Waals surface area contributed by atoms with Crippen molar-refractivity contribution in [1.82, 2.24) is 9.55 Å². The van der Waals surface area contributed by atoms with Crippen LogP contribution in [-0.2, 0) is 6.42 Å². The minimum atomic E-state index is -0.644. The Kier molecular flexibility index (Phi) is 3.97. The summed E-state index contributed by atoms with van der Waals surface area (Å²) in [6, 6.07) is 14.8. The minimum Gasteiger partial charge on any atom is -0.494 e. The average molecular weight is 350 g/mol. The number of H-pyrrole nitrogens is 1. The van der Waals surface area contributed by atoms with Crippen LogP contribution in [0.15, 0.2) is 58.1 Å². The zero-order valence-corrected chi connectivity index (χ0v) is 14.4. The Labute approximate surface area is 149 Å². The molecule has 6 heteroatoms. The van der Waals surface area contributed by atoms with E-state index < -0.39 is 11.2 Å². The van der Waals surface area contributed by atoms with E-state index in [2.05, 4.69) is 4.98 Å². The summed E-state index contributed by atoms with van der Waals surface area (Å²) in [4.78, 5) is 27.4. The second-order valence-electron chi connectivity index (χ2n) is 6.57. The van der Waals surface area contributed by atoms with Crippen molar-refractivity contribution < 1.29 is 10.4 Å². The largest absolute Gasteiger partial charge is 0.494 e. The number of nitrogens with zero attached hydrogens (tertiary/aromatic N) is 1. The lowest BCUT2D eigenvalue weighted by atomic mass is 9.90. The molecule has 0 aliphatic carbocycles. The molecule has 0 amide bonds. The topological polar surface area (TPSA) is 91.7 Å². The molecule has 0 saturated carbocycles. The second-order valence-corrected chi connectivity index (χ2v) is 6.57. The summed E-state index contributed by atoms with van der Waals surface area (Å²) >= 11 is 0. The van der Waals surface area contributed by atoms with Crippen LogP contribution in [0.1, 0.15) is 28.3 Å². The summed E-state index contributed by atoms with van der Waals surface area (Å²) in [5, 5.41) is 13.0. The molecule has 2 aromatic carbocycles. The molecule has 6 nitrogen and oxygen atoms in total. The highest BCUT2D eigenvalue weighted by Gasteiger charge is 2.31. The van der Waals surface area contributed by atoms with Crippen molar-refractivity contribution >= 4 is 0 Å². The van der Waals surface area contributed by atoms with Crippen molar-refractivity contribution in [3.63, 3.8) is 0 Å². The summed E-state index contributed by atoms with van der Waals surface area (Å²) < 4.78 is 1.18. The molecule has 0 fully saturated rings. The smallest absolute Gasteiger partial charge is 0.335 e. The van der Waals surface area contributed by atoms with Crippen molar-refractivity contribution in [3.05, 3.63) is 91.6 Å². The van der Waals surface area contributed by atoms with Gasteiger partial charge in [0, 0.05) is 12.0 Å². The fourth-order valence-corrected chi connectivity index (χ4v) is 3.73. The Morgan fingerprint density at radius 2 is 1.85 bits per heavy atom. The van der Waals surface area contributed by atoms with E-state index in [1.165, 1.54) is 4.57 Å². The lowest BCUT2D eigenvalue weighted by Gasteiger charge is -2.24. The molecule has 132 valence electrons. The van der Waals surface area contributed by atoms with Crippen LogP contribution in [0, 0.1) is 6.92 Å². The Bertz CT molecular complexity index is 1100. The highest BCUT2D eigenvalue weighted by atomic mass is 16.3. The van der Waals surface area contributed by atoms with Gasteiger partial charge in [-0.2, -0.15) is 0 Å². The van der Waals surface area contributed by atoms with Gasteiger partial charge < -0.3 is 10.4 Å². The monoisotopic (exact) mass is 350 g/mol. The molecule has 0 radical (unpaired) electrons. The van der Waals surface area contributed by atoms with Crippen molar-refractivity contribution in [2.24, 2.45) is 0 Å². The van der Waals surface area contributed by atoms with Gasteiger partial charge in [0.1, 0.15) is 11.6 Å². The number of nitrogens with two attached hydrogens (primary N) is 1. The van der Waals surface area contributed by atoms with Crippen LogP contribution in [0.5, 0.6) is 5.88 Å². The Balaban J connectivity index is 1.98. The third kappa shape index (κ3) is 2.55. The van der Waals surface area contributed by atoms with Crippen molar-refractivity contribution in [3.8, 4) is 11.6 Å². The molecule has 1 atom stereocenters. The third-order valence-electron chi connectivity index (χ3n) is 4.99. The first-order valence-corrected chi connectivity index (χ1v) is 8.63. The van der Waals surface area contributed by atoms with Gasteiger partial charge in [-0.25, -0.2) is 9.36 Å². The molecule has 0 spiro atoms. The van der Waals surface area contributed by atoms with Crippen LogP contribution in [0.25, 0.3) is 5.69 Å². The molecule has 3 aromatic rings. The van der Waals surface area contributed by atoms with Crippen molar-refractivity contribution in [1.29, 1.82) is 0 Å². The first-order valence-electron chi connectivity index (χ1n) is 8.63. The van der Waals surface area contributed by atoms with E-state index in [-0.39, 0.29) is 17.5 Å². The van der Waals surface area contributed by atoms with Crippen LogP contribution in [0.3, 0.4) is 0 Å². The van der Waals surface area contributed by atoms with E-state index in [9.17, 15) is 14.7 Å². The molecular formula is C20H20N3O3+. The summed E-state index contributed by atoms with van der Waals surface area (Å²) in [5.74, 6) is -0.300. The maximum absolute atomic E-state index is 12.6. The molecule has 4 rings (SSSR count). The van der Waals surface area contributed by atoms with Crippen molar-refractivity contribution in [2.75, 3.05) is 6.54 Å². The van der Waals surface area contributed by atoms with Gasteiger partial charge in [-0.3, -0.25) is 9.78 Å². The van der Waals surface area contributed by atoms with Gasteiger partial charge in [-0.1, -0.05) is 42.5 Å². The van der Waals surface area contributed by atoms with Gasteiger partial charge in [0.15, 0.2) is 0 Å². The molecule has 0 unspecified atom stereocenters. The molecule has 1 aromatic heterocycles. The summed E-state index contributed by atoms with van der Waals surface area (Å²) in [6.45, 7) is 2.66. The van der Waals surface area contributed by atoms with Gasteiger partial charge in [-0.15, -0.1) is 0 Å². The molecule has 1 aliphatic heterocycles. The number of aryl methyl sites for hydroxylation is 1. The van der Waals surface area contributed by atoms with E-state index in [4.69, 9.17) is 0 Å². The zero-order valence-electron chi connectivity index (χ0n) is 14.4. The van der Waals surface area contributed by atoms with E-state index in [0.29, 0.717) is 5.69 Å². The number of hydrogen-bond acceptors (Lipinski definition) is 3. The van der Waals surface area contributed by atoms with Gasteiger partial charge in [0.2, 0.25) is 5.88 Å². The summed E-state index contributed by atoms with van der Waals surface area (Å²) in [5.41, 5.74) is 2.56. The second kappa shape index (κ2) is 6.31. The number of rotatable bonds is 2. The fourth-order valence-electron chi connectivity index (χ4n) is 3.73. The predicted molar refractivity (Wildman–Crippen MR) is 97.8 cm³/mol. The number of quaternary nitrogens is 1. The minimum absolute atomic E-state index is 0.208. The first-order chi connectivity index (χ1) is 12.6. The number of aromatic hydroxyl groups is 1. The zero-order chi connectivity index (χ0) is 18.3. The molecule has 26 heavy (non-hydrogen) atoms. The molecule has 0 saturated heterocycles. The van der Waals surface area contributed by atoms with E-state index in [1.54, 1.807) is 12.1 Å². The van der Waals surface area contributed by atoms with Crippen LogP contribution < -0.4 is 16.6 Å². The van der Waals surface area contributed by atoms with Gasteiger partial charge in [-0.05, 0) is 24.1 Å². The lowest BCUT2D eigenvalue weighted by molar-refractivity contribution is -0.690. The van der Waals surface area contributed by atoms with Crippen molar-refractivity contribution in [2.45, 2.75) is 19.4 Å². The Morgan fingerprint density at radius 3 is 2.65 bits per heavy atom. The maximum Gasteiger partial charge on any atom is 0.335 e. The van der Waals surface area contributed by atoms with E-state index in [1.807, 2.05) is 48.6 Å². The summed E-state index contributed by atoms with van der Waals surface area (Å²) in [7, 11) is 0. The number of aromatic nitrogens is 2. The first kappa shape index (κ1) is 16.4. The van der Waals surface area contributed by atoms with Crippen LogP contribution in [0.2, 0.25) is 0 Å². The lowest BCUT2D eigenvalue weighted by Crippen LogP contribution is -2.87. The van der Waals surface area contributed by atoms with Crippen LogP contribution in [-0.4, -0.2) is 21.2 Å². The molecular weight excluding hydrogens is 330 g/mol. The van der Waals surface area contributed by atoms with Gasteiger partial charge in [0.05, 0.1) is 12.2 Å². The SMILES string of the molecule is Cc1ccccc1-n1c(O)c([C@@H]2[NH2+]CCc3ccccc32)c(=O)[nH]c1=O. The average Bonchev–Trinajstić information content (AvgIpc) is 2.63. The number of para-hydroxylation sites is 1.